The average Bonchev–Trinajstić information content (AvgIpc) is 3.31. The summed E-state index contributed by atoms with van der Waals surface area (Å²) in [7, 11) is 0. The van der Waals surface area contributed by atoms with E-state index in [9.17, 15) is 14.7 Å². The fraction of sp³-hybridized carbons (Fsp3) is 0.379. The number of carbonyl (C=O) groups is 2. The van der Waals surface area contributed by atoms with Gasteiger partial charge in [0.05, 0.1) is 17.7 Å². The number of aliphatic carboxylic acids is 1. The number of thiophene rings is 1. The second-order valence-corrected chi connectivity index (χ2v) is 11.8. The molecule has 39 heavy (non-hydrogen) atoms. The average molecular weight is 546 g/mol. The zero-order chi connectivity index (χ0) is 26.8. The number of hydrogen-bond acceptors (Lipinski definition) is 6. The summed E-state index contributed by atoms with van der Waals surface area (Å²) in [5.74, 6) is -1.46. The van der Waals surface area contributed by atoms with Crippen molar-refractivity contribution in [2.45, 2.75) is 44.6 Å². The predicted octanol–water partition coefficient (Wildman–Crippen LogP) is 5.14. The van der Waals surface area contributed by atoms with Gasteiger partial charge in [0, 0.05) is 53.4 Å². The van der Waals surface area contributed by atoms with Crippen LogP contribution in [-0.4, -0.2) is 56.1 Å². The first-order chi connectivity index (χ1) is 18.9. The summed E-state index contributed by atoms with van der Waals surface area (Å²) in [5, 5.41) is 16.1. The molecule has 0 spiro atoms. The molecule has 2 aliphatic heterocycles. The molecule has 0 radical (unpaired) electrons. The van der Waals surface area contributed by atoms with Crippen LogP contribution in [0.2, 0.25) is 0 Å². The number of rotatable bonds is 5. The summed E-state index contributed by atoms with van der Waals surface area (Å²) in [6.07, 6.45) is 3.45. The second kappa shape index (κ2) is 9.15. The summed E-state index contributed by atoms with van der Waals surface area (Å²) in [5.41, 5.74) is 4.55. The van der Waals surface area contributed by atoms with E-state index in [4.69, 9.17) is 10.1 Å². The highest BCUT2D eigenvalue weighted by Crippen LogP contribution is 2.41. The molecule has 2 fully saturated rings. The first-order valence-electron chi connectivity index (χ1n) is 13.4. The van der Waals surface area contributed by atoms with Crippen LogP contribution in [0.3, 0.4) is 0 Å². The summed E-state index contributed by atoms with van der Waals surface area (Å²) in [6, 6.07) is 10.7. The first kappa shape index (κ1) is 24.3. The quantitative estimate of drug-likeness (QED) is 0.373. The van der Waals surface area contributed by atoms with Crippen molar-refractivity contribution in [2.75, 3.05) is 24.5 Å². The Hall–Kier alpha value is -3.79. The fourth-order valence-electron chi connectivity index (χ4n) is 5.95. The fourth-order valence-corrected chi connectivity index (χ4v) is 6.91. The number of anilines is 1. The highest BCUT2D eigenvalue weighted by molar-refractivity contribution is 7.10. The molecule has 2 atom stereocenters. The van der Waals surface area contributed by atoms with E-state index in [1.807, 2.05) is 21.9 Å². The van der Waals surface area contributed by atoms with Gasteiger partial charge in [-0.1, -0.05) is 0 Å². The van der Waals surface area contributed by atoms with Gasteiger partial charge in [0.1, 0.15) is 11.5 Å². The molecule has 7 rings (SSSR count). The number of nitrogens with zero attached hydrogens (tertiary/aromatic N) is 5. The summed E-state index contributed by atoms with van der Waals surface area (Å²) < 4.78 is 17.1. The number of amides is 1. The molecule has 8 nitrogen and oxygen atoms in total. The van der Waals surface area contributed by atoms with Crippen molar-refractivity contribution in [1.82, 2.24) is 19.5 Å². The normalized spacial score (nSPS) is 21.0. The van der Waals surface area contributed by atoms with Crippen molar-refractivity contribution in [2.24, 2.45) is 5.92 Å². The molecular formula is C29H28FN5O3S. The van der Waals surface area contributed by atoms with Gasteiger partial charge in [-0.3, -0.25) is 9.59 Å². The van der Waals surface area contributed by atoms with Gasteiger partial charge in [-0.15, -0.1) is 11.3 Å². The molecular weight excluding hydrogens is 517 g/mol. The lowest BCUT2D eigenvalue weighted by atomic mass is 10.0. The lowest BCUT2D eigenvalue weighted by molar-refractivity contribution is -0.140. The lowest BCUT2D eigenvalue weighted by Gasteiger charge is -2.33. The van der Waals surface area contributed by atoms with Crippen LogP contribution in [0.25, 0.3) is 16.9 Å². The molecule has 1 amide bonds. The SMILES string of the molecule is CC1c2ccsc2CCN1C(=O)c1cc(C2CC2)n2nc(-c3ccc(N4CC[C@H](C(=O)O)C4)cc3F)cc2n1. The molecule has 1 saturated carbocycles. The van der Waals surface area contributed by atoms with Crippen LogP contribution in [0.1, 0.15) is 64.8 Å². The largest absolute Gasteiger partial charge is 0.481 e. The molecule has 3 aromatic heterocycles. The number of halogens is 1. The van der Waals surface area contributed by atoms with Gasteiger partial charge < -0.3 is 14.9 Å². The second-order valence-electron chi connectivity index (χ2n) is 10.8. The van der Waals surface area contributed by atoms with Crippen LogP contribution in [0.15, 0.2) is 41.8 Å². The van der Waals surface area contributed by atoms with E-state index in [0.29, 0.717) is 60.3 Å². The van der Waals surface area contributed by atoms with Crippen LogP contribution >= 0.6 is 11.3 Å². The maximum Gasteiger partial charge on any atom is 0.308 e. The third-order valence-corrected chi connectivity index (χ3v) is 9.34. The molecule has 1 unspecified atom stereocenters. The number of carboxylic acid groups (broad SMARTS) is 1. The van der Waals surface area contributed by atoms with Gasteiger partial charge >= 0.3 is 5.97 Å². The van der Waals surface area contributed by atoms with E-state index in [1.54, 1.807) is 28.0 Å². The summed E-state index contributed by atoms with van der Waals surface area (Å²) in [4.78, 5) is 34.8. The molecule has 1 aromatic carbocycles. The van der Waals surface area contributed by atoms with Crippen molar-refractivity contribution in [3.05, 3.63) is 69.4 Å². The maximum absolute atomic E-state index is 15.4. The molecule has 0 bridgehead atoms. The van der Waals surface area contributed by atoms with Crippen molar-refractivity contribution >= 4 is 34.5 Å². The zero-order valence-electron chi connectivity index (χ0n) is 21.5. The van der Waals surface area contributed by atoms with Gasteiger partial charge in [-0.2, -0.15) is 5.10 Å². The molecule has 4 aromatic rings. The minimum Gasteiger partial charge on any atom is -0.481 e. The van der Waals surface area contributed by atoms with Gasteiger partial charge in [0.25, 0.3) is 5.91 Å². The number of carbonyl (C=O) groups excluding carboxylic acids is 1. The van der Waals surface area contributed by atoms with Gasteiger partial charge in [-0.25, -0.2) is 13.9 Å². The minimum atomic E-state index is -0.818. The number of aromatic nitrogens is 3. The number of fused-ring (bicyclic) bond motifs is 2. The Morgan fingerprint density at radius 3 is 2.69 bits per heavy atom. The highest BCUT2D eigenvalue weighted by atomic mass is 32.1. The third-order valence-electron chi connectivity index (χ3n) is 8.34. The summed E-state index contributed by atoms with van der Waals surface area (Å²) in [6.45, 7) is 3.68. The molecule has 1 saturated heterocycles. The van der Waals surface area contributed by atoms with Crippen LogP contribution in [0.5, 0.6) is 0 Å². The third kappa shape index (κ3) is 4.17. The van der Waals surface area contributed by atoms with E-state index < -0.39 is 17.7 Å². The standard InChI is InChI=1S/C29H28FN5O3S/c1-16-20-8-11-39-26(20)7-10-34(16)28(36)24-13-25(17-2-3-17)35-27(31-24)14-23(32-35)21-5-4-19(12-22(21)30)33-9-6-18(15-33)29(37)38/h4-5,8,11-14,16-18H,2-3,6-7,9-10,15H2,1H3,(H,37,38)/t16?,18-/m0/s1. The van der Waals surface area contributed by atoms with E-state index in [0.717, 1.165) is 25.0 Å². The van der Waals surface area contributed by atoms with Gasteiger partial charge in [0.15, 0.2) is 5.65 Å². The van der Waals surface area contributed by atoms with Crippen LogP contribution < -0.4 is 4.90 Å². The number of benzene rings is 1. The van der Waals surface area contributed by atoms with E-state index >= 15 is 4.39 Å². The van der Waals surface area contributed by atoms with E-state index in [-0.39, 0.29) is 11.9 Å². The van der Waals surface area contributed by atoms with Gasteiger partial charge in [-0.05, 0) is 73.9 Å². The van der Waals surface area contributed by atoms with E-state index in [1.165, 1.54) is 16.5 Å². The minimum absolute atomic E-state index is 0.00984. The molecule has 1 aliphatic carbocycles. The Morgan fingerprint density at radius 1 is 1.10 bits per heavy atom. The number of hydrogen-bond donors (Lipinski definition) is 1. The van der Waals surface area contributed by atoms with Crippen molar-refractivity contribution in [3.8, 4) is 11.3 Å². The van der Waals surface area contributed by atoms with Crippen LogP contribution in [-0.2, 0) is 11.2 Å². The maximum atomic E-state index is 15.4. The van der Waals surface area contributed by atoms with E-state index in [2.05, 4.69) is 18.4 Å². The predicted molar refractivity (Wildman–Crippen MR) is 146 cm³/mol. The van der Waals surface area contributed by atoms with Crippen molar-refractivity contribution < 1.29 is 19.1 Å². The Balaban J connectivity index is 1.21. The summed E-state index contributed by atoms with van der Waals surface area (Å²) >= 11 is 1.74. The Labute approximate surface area is 228 Å². The molecule has 1 N–H and O–H groups in total. The lowest BCUT2D eigenvalue weighted by Crippen LogP contribution is -2.38. The Kier molecular flexibility index (Phi) is 5.69. The molecule has 200 valence electrons. The monoisotopic (exact) mass is 545 g/mol. The first-order valence-corrected chi connectivity index (χ1v) is 14.3. The highest BCUT2D eigenvalue weighted by Gasteiger charge is 2.33. The van der Waals surface area contributed by atoms with Crippen LogP contribution in [0, 0.1) is 11.7 Å². The van der Waals surface area contributed by atoms with Crippen molar-refractivity contribution in [1.29, 1.82) is 0 Å². The van der Waals surface area contributed by atoms with Crippen molar-refractivity contribution in [3.63, 3.8) is 0 Å². The molecule has 10 heteroatoms. The zero-order valence-corrected chi connectivity index (χ0v) is 22.3. The smallest absolute Gasteiger partial charge is 0.308 e. The number of carboxylic acids is 1. The topological polar surface area (TPSA) is 91.0 Å². The van der Waals surface area contributed by atoms with Gasteiger partial charge in [0.2, 0.25) is 0 Å². The Morgan fingerprint density at radius 2 is 1.95 bits per heavy atom. The molecule has 5 heterocycles. The molecule has 3 aliphatic rings. The van der Waals surface area contributed by atoms with Crippen LogP contribution in [0.4, 0.5) is 10.1 Å². The Bertz CT molecular complexity index is 1630.